The van der Waals surface area contributed by atoms with Crippen LogP contribution in [0.4, 0.5) is 5.69 Å². The summed E-state index contributed by atoms with van der Waals surface area (Å²) in [6.07, 6.45) is 1.78. The van der Waals surface area contributed by atoms with Crippen molar-refractivity contribution in [1.82, 2.24) is 5.32 Å². The fourth-order valence-electron chi connectivity index (χ4n) is 4.93. The van der Waals surface area contributed by atoms with Crippen molar-refractivity contribution in [2.45, 2.75) is 24.7 Å². The van der Waals surface area contributed by atoms with E-state index in [-0.39, 0.29) is 30.4 Å². The van der Waals surface area contributed by atoms with Gasteiger partial charge in [0.15, 0.2) is 11.5 Å². The highest BCUT2D eigenvalue weighted by atomic mass is 16.7. The molecule has 2 amide bonds. The molecule has 2 saturated heterocycles. The molecule has 0 spiro atoms. The maximum Gasteiger partial charge on any atom is 0.231 e. The molecule has 174 valence electrons. The van der Waals surface area contributed by atoms with Crippen molar-refractivity contribution in [2.24, 2.45) is 5.92 Å². The smallest absolute Gasteiger partial charge is 0.231 e. The highest BCUT2D eigenvalue weighted by molar-refractivity contribution is 6.01. The number of hydrogen-bond donors (Lipinski definition) is 1. The highest BCUT2D eigenvalue weighted by Gasteiger charge is 2.39. The van der Waals surface area contributed by atoms with Gasteiger partial charge in [-0.05, 0) is 42.7 Å². The number of hydrogen-bond acceptors (Lipinski definition) is 6. The Hall–Kier alpha value is -3.26. The van der Waals surface area contributed by atoms with Gasteiger partial charge in [-0.3, -0.25) is 9.59 Å². The second kappa shape index (κ2) is 8.94. The first-order valence-electron chi connectivity index (χ1n) is 11.3. The number of rotatable bonds is 6. The predicted molar refractivity (Wildman–Crippen MR) is 121 cm³/mol. The molecule has 2 aromatic carbocycles. The molecular weight excluding hydrogens is 424 g/mol. The fourth-order valence-corrected chi connectivity index (χ4v) is 4.93. The molecule has 3 aliphatic rings. The molecule has 2 fully saturated rings. The van der Waals surface area contributed by atoms with Gasteiger partial charge >= 0.3 is 0 Å². The maximum atomic E-state index is 13.1. The lowest BCUT2D eigenvalue weighted by molar-refractivity contribution is -0.126. The summed E-state index contributed by atoms with van der Waals surface area (Å²) in [5.41, 5.74) is 1.55. The molecule has 8 nitrogen and oxygen atoms in total. The second-order valence-corrected chi connectivity index (χ2v) is 8.76. The third-order valence-corrected chi connectivity index (χ3v) is 6.91. The predicted octanol–water partition coefficient (Wildman–Crippen LogP) is 2.64. The van der Waals surface area contributed by atoms with Crippen molar-refractivity contribution in [3.05, 3.63) is 48.0 Å². The highest BCUT2D eigenvalue weighted by Crippen LogP contribution is 2.41. The largest absolute Gasteiger partial charge is 0.495 e. The number of anilines is 1. The average Bonchev–Trinajstić information content (AvgIpc) is 3.49. The van der Waals surface area contributed by atoms with E-state index in [1.165, 1.54) is 0 Å². The number of nitrogens with one attached hydrogen (secondary N) is 1. The molecule has 0 aliphatic carbocycles. The van der Waals surface area contributed by atoms with Crippen molar-refractivity contribution in [3.8, 4) is 17.2 Å². The van der Waals surface area contributed by atoms with Gasteiger partial charge in [0.25, 0.3) is 0 Å². The SMILES string of the molecule is COc1ccccc1N1CC(C(=O)NCC2(c3ccc4c(c3)OCO4)CCOCC2)CC1=O. The van der Waals surface area contributed by atoms with Crippen LogP contribution in [-0.2, 0) is 19.7 Å². The fraction of sp³-hybridized carbons (Fsp3) is 0.440. The van der Waals surface area contributed by atoms with Crippen LogP contribution in [-0.4, -0.2) is 52.0 Å². The molecule has 5 rings (SSSR count). The molecule has 3 aliphatic heterocycles. The van der Waals surface area contributed by atoms with Crippen molar-refractivity contribution in [2.75, 3.05) is 45.1 Å². The number of carbonyl (C=O) groups is 2. The van der Waals surface area contributed by atoms with Crippen LogP contribution in [0.2, 0.25) is 0 Å². The van der Waals surface area contributed by atoms with E-state index < -0.39 is 5.92 Å². The topological polar surface area (TPSA) is 86.3 Å². The van der Waals surface area contributed by atoms with E-state index in [1.54, 1.807) is 12.0 Å². The minimum atomic E-state index is -0.406. The Morgan fingerprint density at radius 3 is 2.76 bits per heavy atom. The zero-order valence-corrected chi connectivity index (χ0v) is 18.7. The van der Waals surface area contributed by atoms with Gasteiger partial charge < -0.3 is 29.2 Å². The van der Waals surface area contributed by atoms with Crippen molar-refractivity contribution < 1.29 is 28.5 Å². The molecular formula is C25H28N2O6. The van der Waals surface area contributed by atoms with Crippen LogP contribution in [0.15, 0.2) is 42.5 Å². The van der Waals surface area contributed by atoms with E-state index in [0.29, 0.717) is 37.7 Å². The summed E-state index contributed by atoms with van der Waals surface area (Å²) in [5, 5.41) is 3.15. The monoisotopic (exact) mass is 452 g/mol. The standard InChI is InChI=1S/C25H28N2O6/c1-30-20-5-3-2-4-19(20)27-14-17(12-23(27)28)24(29)26-15-25(8-10-31-11-9-25)18-6-7-21-22(13-18)33-16-32-21/h2-7,13,17H,8-12,14-16H2,1H3,(H,26,29). The molecule has 0 saturated carbocycles. The van der Waals surface area contributed by atoms with Crippen LogP contribution >= 0.6 is 0 Å². The van der Waals surface area contributed by atoms with Gasteiger partial charge in [0, 0.05) is 38.1 Å². The minimum Gasteiger partial charge on any atom is -0.495 e. The lowest BCUT2D eigenvalue weighted by Crippen LogP contribution is -2.46. The van der Waals surface area contributed by atoms with Crippen LogP contribution in [0, 0.1) is 5.92 Å². The second-order valence-electron chi connectivity index (χ2n) is 8.76. The van der Waals surface area contributed by atoms with E-state index in [2.05, 4.69) is 5.32 Å². The normalized spacial score (nSPS) is 21.2. The zero-order valence-electron chi connectivity index (χ0n) is 18.7. The van der Waals surface area contributed by atoms with E-state index in [1.807, 2.05) is 42.5 Å². The summed E-state index contributed by atoms with van der Waals surface area (Å²) in [7, 11) is 1.58. The first-order valence-corrected chi connectivity index (χ1v) is 11.3. The molecule has 2 aromatic rings. The van der Waals surface area contributed by atoms with E-state index >= 15 is 0 Å². The lowest BCUT2D eigenvalue weighted by atomic mass is 9.74. The Morgan fingerprint density at radius 2 is 1.94 bits per heavy atom. The van der Waals surface area contributed by atoms with E-state index in [4.69, 9.17) is 18.9 Å². The van der Waals surface area contributed by atoms with Gasteiger partial charge in [-0.2, -0.15) is 0 Å². The summed E-state index contributed by atoms with van der Waals surface area (Å²) in [6.45, 7) is 2.31. The summed E-state index contributed by atoms with van der Waals surface area (Å²) < 4.78 is 22.0. The molecule has 8 heteroatoms. The third-order valence-electron chi connectivity index (χ3n) is 6.91. The maximum absolute atomic E-state index is 13.1. The molecule has 0 bridgehead atoms. The van der Waals surface area contributed by atoms with Crippen molar-refractivity contribution in [3.63, 3.8) is 0 Å². The Kier molecular flexibility index (Phi) is 5.85. The van der Waals surface area contributed by atoms with Crippen molar-refractivity contribution >= 4 is 17.5 Å². The molecule has 3 heterocycles. The summed E-state index contributed by atoms with van der Waals surface area (Å²) in [6, 6.07) is 13.4. The number of carbonyl (C=O) groups excluding carboxylic acids is 2. The van der Waals surface area contributed by atoms with E-state index in [0.717, 1.165) is 29.9 Å². The van der Waals surface area contributed by atoms with Gasteiger partial charge in [-0.15, -0.1) is 0 Å². The first-order chi connectivity index (χ1) is 16.1. The van der Waals surface area contributed by atoms with Crippen molar-refractivity contribution in [1.29, 1.82) is 0 Å². The number of amides is 2. The number of nitrogens with zero attached hydrogens (tertiary/aromatic N) is 1. The van der Waals surface area contributed by atoms with Gasteiger partial charge in [0.1, 0.15) is 5.75 Å². The number of methoxy groups -OCH3 is 1. The number of benzene rings is 2. The molecule has 0 aromatic heterocycles. The average molecular weight is 453 g/mol. The molecule has 1 N–H and O–H groups in total. The van der Waals surface area contributed by atoms with Crippen LogP contribution in [0.5, 0.6) is 17.2 Å². The summed E-state index contributed by atoms with van der Waals surface area (Å²) in [4.78, 5) is 27.5. The van der Waals surface area contributed by atoms with Gasteiger partial charge in [0.2, 0.25) is 18.6 Å². The first kappa shape index (κ1) is 21.6. The Morgan fingerprint density at radius 1 is 1.15 bits per heavy atom. The number of para-hydroxylation sites is 2. The summed E-state index contributed by atoms with van der Waals surface area (Å²) in [5.74, 6) is 1.51. The Bertz CT molecular complexity index is 1050. The van der Waals surface area contributed by atoms with Crippen LogP contribution in [0.3, 0.4) is 0 Å². The van der Waals surface area contributed by atoms with E-state index in [9.17, 15) is 9.59 Å². The van der Waals surface area contributed by atoms with Crippen LogP contribution in [0.25, 0.3) is 0 Å². The Balaban J connectivity index is 1.29. The molecule has 0 radical (unpaired) electrons. The lowest BCUT2D eigenvalue weighted by Gasteiger charge is -2.38. The van der Waals surface area contributed by atoms with Gasteiger partial charge in [0.05, 0.1) is 18.7 Å². The minimum absolute atomic E-state index is 0.0730. The van der Waals surface area contributed by atoms with Gasteiger partial charge in [-0.1, -0.05) is 18.2 Å². The zero-order chi connectivity index (χ0) is 22.8. The summed E-state index contributed by atoms with van der Waals surface area (Å²) >= 11 is 0. The molecule has 1 atom stereocenters. The quantitative estimate of drug-likeness (QED) is 0.725. The number of ether oxygens (including phenoxy) is 4. The molecule has 33 heavy (non-hydrogen) atoms. The Labute approximate surface area is 192 Å². The van der Waals surface area contributed by atoms with Crippen LogP contribution in [0.1, 0.15) is 24.8 Å². The molecule has 1 unspecified atom stereocenters. The third kappa shape index (κ3) is 4.11. The van der Waals surface area contributed by atoms with Crippen LogP contribution < -0.4 is 24.4 Å². The van der Waals surface area contributed by atoms with Gasteiger partial charge in [-0.25, -0.2) is 0 Å². The number of fused-ring (bicyclic) bond motifs is 1.